The lowest BCUT2D eigenvalue weighted by Crippen LogP contribution is -2.25. The highest BCUT2D eigenvalue weighted by molar-refractivity contribution is 5.94. The van der Waals surface area contributed by atoms with Crippen molar-refractivity contribution in [3.8, 4) is 0 Å². The molecule has 1 aliphatic rings. The van der Waals surface area contributed by atoms with E-state index in [1.54, 1.807) is 6.92 Å². The summed E-state index contributed by atoms with van der Waals surface area (Å²) in [5, 5.41) is 3.52. The lowest BCUT2D eigenvalue weighted by atomic mass is 9.93. The van der Waals surface area contributed by atoms with E-state index in [4.69, 9.17) is 0 Å². The number of hydrogen-bond acceptors (Lipinski definition) is 2. The number of ketones is 1. The molecule has 1 aliphatic heterocycles. The van der Waals surface area contributed by atoms with Crippen LogP contribution in [0.3, 0.4) is 0 Å². The zero-order chi connectivity index (χ0) is 14.7. The van der Waals surface area contributed by atoms with Gasteiger partial charge >= 0.3 is 0 Å². The molecule has 0 bridgehead atoms. The van der Waals surface area contributed by atoms with Crippen molar-refractivity contribution in [3.05, 3.63) is 77.4 Å². The minimum atomic E-state index is 0.110. The van der Waals surface area contributed by atoms with Crippen LogP contribution in [0.5, 0.6) is 0 Å². The van der Waals surface area contributed by atoms with Gasteiger partial charge in [-0.3, -0.25) is 4.79 Å². The molecule has 0 amide bonds. The van der Waals surface area contributed by atoms with E-state index in [2.05, 4.69) is 35.7 Å². The van der Waals surface area contributed by atoms with Crippen LogP contribution in [0.25, 0.3) is 5.57 Å². The van der Waals surface area contributed by atoms with Gasteiger partial charge in [-0.15, -0.1) is 0 Å². The second-order valence-corrected chi connectivity index (χ2v) is 5.42. The predicted octanol–water partition coefficient (Wildman–Crippen LogP) is 4.01. The highest BCUT2D eigenvalue weighted by Crippen LogP contribution is 2.27. The molecule has 0 fully saturated rings. The fourth-order valence-corrected chi connectivity index (χ4v) is 2.74. The molecule has 21 heavy (non-hydrogen) atoms. The number of carbonyl (C=O) groups excluding carboxylic acids is 1. The van der Waals surface area contributed by atoms with Gasteiger partial charge in [-0.2, -0.15) is 0 Å². The maximum absolute atomic E-state index is 11.3. The van der Waals surface area contributed by atoms with E-state index in [1.165, 1.54) is 16.7 Å². The number of Topliss-reactive ketones (excluding diaryl/α,β-unsaturated/α-hetero) is 1. The van der Waals surface area contributed by atoms with E-state index >= 15 is 0 Å². The Bertz CT molecular complexity index is 656. The van der Waals surface area contributed by atoms with Gasteiger partial charge in [0.25, 0.3) is 0 Å². The molecule has 3 rings (SSSR count). The van der Waals surface area contributed by atoms with Gasteiger partial charge in [0.2, 0.25) is 0 Å². The predicted molar refractivity (Wildman–Crippen MR) is 86.2 cm³/mol. The van der Waals surface area contributed by atoms with Crippen LogP contribution in [0.15, 0.2) is 60.7 Å². The Hall–Kier alpha value is -2.19. The highest BCUT2D eigenvalue weighted by atomic mass is 16.1. The average molecular weight is 277 g/mol. The summed E-state index contributed by atoms with van der Waals surface area (Å²) >= 11 is 0. The molecule has 0 aliphatic carbocycles. The van der Waals surface area contributed by atoms with Crippen molar-refractivity contribution in [1.82, 2.24) is 5.32 Å². The van der Waals surface area contributed by atoms with Crippen molar-refractivity contribution in [3.63, 3.8) is 0 Å². The number of hydrogen-bond donors (Lipinski definition) is 1. The first-order valence-corrected chi connectivity index (χ1v) is 7.34. The number of benzene rings is 2. The van der Waals surface area contributed by atoms with Crippen LogP contribution in [0.1, 0.15) is 40.9 Å². The van der Waals surface area contributed by atoms with E-state index in [0.717, 1.165) is 18.5 Å². The summed E-state index contributed by atoms with van der Waals surface area (Å²) in [5.74, 6) is 0.110. The molecule has 0 radical (unpaired) electrons. The summed E-state index contributed by atoms with van der Waals surface area (Å²) in [5.41, 5.74) is 4.65. The van der Waals surface area contributed by atoms with E-state index in [-0.39, 0.29) is 11.8 Å². The quantitative estimate of drug-likeness (QED) is 0.859. The number of nitrogens with one attached hydrogen (secondary N) is 1. The first-order chi connectivity index (χ1) is 10.2. The molecule has 2 aromatic carbocycles. The van der Waals surface area contributed by atoms with E-state index in [0.29, 0.717) is 0 Å². The van der Waals surface area contributed by atoms with E-state index in [9.17, 15) is 4.79 Å². The second kappa shape index (κ2) is 6.06. The van der Waals surface area contributed by atoms with Crippen LogP contribution in [-0.2, 0) is 0 Å². The summed E-state index contributed by atoms with van der Waals surface area (Å²) in [4.78, 5) is 11.3. The Labute approximate surface area is 125 Å². The molecular formula is C19H19NO. The summed E-state index contributed by atoms with van der Waals surface area (Å²) in [6, 6.07) is 18.6. The van der Waals surface area contributed by atoms with Crippen LogP contribution < -0.4 is 5.32 Å². The minimum Gasteiger partial charge on any atom is -0.306 e. The zero-order valence-corrected chi connectivity index (χ0v) is 12.2. The van der Waals surface area contributed by atoms with Crippen LogP contribution in [0.4, 0.5) is 0 Å². The van der Waals surface area contributed by atoms with Crippen LogP contribution in [0.2, 0.25) is 0 Å². The number of carbonyl (C=O) groups is 1. The minimum absolute atomic E-state index is 0.110. The van der Waals surface area contributed by atoms with Crippen LogP contribution in [0, 0.1) is 0 Å². The monoisotopic (exact) mass is 277 g/mol. The molecule has 1 atom stereocenters. The van der Waals surface area contributed by atoms with E-state index < -0.39 is 0 Å². The molecule has 2 aromatic rings. The topological polar surface area (TPSA) is 29.1 Å². The van der Waals surface area contributed by atoms with Crippen molar-refractivity contribution in [2.45, 2.75) is 19.4 Å². The standard InChI is InChI=1S/C19H19NO/c1-14(21)15-7-9-17(10-8-15)19-13-18(11-12-20-19)16-5-3-2-4-6-16/h2-10,13,19-20H,11-12H2,1H3. The molecule has 0 aromatic heterocycles. The van der Waals surface area contributed by atoms with Gasteiger partial charge in [0.1, 0.15) is 0 Å². The Morgan fingerprint density at radius 2 is 1.76 bits per heavy atom. The van der Waals surface area contributed by atoms with Crippen molar-refractivity contribution in [2.75, 3.05) is 6.54 Å². The fourth-order valence-electron chi connectivity index (χ4n) is 2.74. The van der Waals surface area contributed by atoms with Crippen molar-refractivity contribution in [2.24, 2.45) is 0 Å². The molecule has 2 nitrogen and oxygen atoms in total. The summed E-state index contributed by atoms with van der Waals surface area (Å²) in [6.45, 7) is 2.57. The van der Waals surface area contributed by atoms with Gasteiger partial charge in [-0.25, -0.2) is 0 Å². The third-order valence-electron chi connectivity index (χ3n) is 3.95. The second-order valence-electron chi connectivity index (χ2n) is 5.42. The van der Waals surface area contributed by atoms with Gasteiger partial charge < -0.3 is 5.32 Å². The maximum Gasteiger partial charge on any atom is 0.159 e. The SMILES string of the molecule is CC(=O)c1ccc(C2C=C(c3ccccc3)CCN2)cc1. The third-order valence-corrected chi connectivity index (χ3v) is 3.95. The molecule has 1 heterocycles. The normalized spacial score (nSPS) is 18.1. The molecule has 2 heteroatoms. The molecule has 0 spiro atoms. The van der Waals surface area contributed by atoms with Gasteiger partial charge in [0, 0.05) is 12.1 Å². The van der Waals surface area contributed by atoms with Gasteiger partial charge in [0.15, 0.2) is 5.78 Å². The van der Waals surface area contributed by atoms with Crippen LogP contribution >= 0.6 is 0 Å². The Morgan fingerprint density at radius 1 is 1.05 bits per heavy atom. The van der Waals surface area contributed by atoms with Gasteiger partial charge in [-0.1, -0.05) is 60.7 Å². The molecule has 0 saturated carbocycles. The Kier molecular flexibility index (Phi) is 3.98. The largest absolute Gasteiger partial charge is 0.306 e. The van der Waals surface area contributed by atoms with Crippen LogP contribution in [-0.4, -0.2) is 12.3 Å². The lowest BCUT2D eigenvalue weighted by molar-refractivity contribution is 0.101. The maximum atomic E-state index is 11.3. The lowest BCUT2D eigenvalue weighted by Gasteiger charge is -2.23. The summed E-state index contributed by atoms with van der Waals surface area (Å²) in [7, 11) is 0. The molecule has 1 N–H and O–H groups in total. The summed E-state index contributed by atoms with van der Waals surface area (Å²) in [6.07, 6.45) is 3.34. The third kappa shape index (κ3) is 3.11. The van der Waals surface area contributed by atoms with Gasteiger partial charge in [-0.05, 0) is 30.0 Å². The number of rotatable bonds is 3. The Balaban J connectivity index is 1.87. The molecule has 1 unspecified atom stereocenters. The fraction of sp³-hybridized carbons (Fsp3) is 0.211. The van der Waals surface area contributed by atoms with Crippen molar-refractivity contribution < 1.29 is 4.79 Å². The summed E-state index contributed by atoms with van der Waals surface area (Å²) < 4.78 is 0. The zero-order valence-electron chi connectivity index (χ0n) is 12.2. The highest BCUT2D eigenvalue weighted by Gasteiger charge is 2.15. The molecule has 106 valence electrons. The van der Waals surface area contributed by atoms with Crippen molar-refractivity contribution in [1.29, 1.82) is 0 Å². The Morgan fingerprint density at radius 3 is 2.43 bits per heavy atom. The molecular weight excluding hydrogens is 258 g/mol. The average Bonchev–Trinajstić information content (AvgIpc) is 2.56. The first kappa shape index (κ1) is 13.8. The van der Waals surface area contributed by atoms with Gasteiger partial charge in [0.05, 0.1) is 6.04 Å². The molecule has 0 saturated heterocycles. The first-order valence-electron chi connectivity index (χ1n) is 7.34. The smallest absolute Gasteiger partial charge is 0.159 e. The van der Waals surface area contributed by atoms with Crippen molar-refractivity contribution >= 4 is 11.4 Å². The van der Waals surface area contributed by atoms with E-state index in [1.807, 2.05) is 30.3 Å².